The first-order valence-corrected chi connectivity index (χ1v) is 8.30. The van der Waals surface area contributed by atoms with Gasteiger partial charge in [0.2, 0.25) is 0 Å². The van der Waals surface area contributed by atoms with Crippen molar-refractivity contribution in [3.8, 4) is 11.3 Å². The number of benzene rings is 2. The number of aromatic nitrogens is 3. The lowest BCUT2D eigenvalue weighted by Gasteiger charge is -2.11. The Morgan fingerprint density at radius 1 is 1.04 bits per heavy atom. The fourth-order valence-corrected chi connectivity index (χ4v) is 2.83. The first kappa shape index (κ1) is 17.7. The number of hydrogen-bond donors (Lipinski definition) is 2. The molecule has 0 aliphatic rings. The standard InChI is InChI=1S/C20H13F3N4O/c21-20(22,23)14-5-1-4-13(11-14)15-8-7-12-3-2-6-16(17(12)26-15)27-19(28)18-24-9-10-25-18/h1-11H,(H,24,25)(H,27,28). The van der Waals surface area contributed by atoms with Crippen LogP contribution in [0, 0.1) is 0 Å². The molecule has 0 atom stereocenters. The molecule has 2 aromatic heterocycles. The molecule has 4 rings (SSSR count). The summed E-state index contributed by atoms with van der Waals surface area (Å²) in [5.74, 6) is -0.296. The van der Waals surface area contributed by atoms with Crippen molar-refractivity contribution in [1.82, 2.24) is 15.0 Å². The molecule has 28 heavy (non-hydrogen) atoms. The number of aromatic amines is 1. The maximum Gasteiger partial charge on any atom is 0.416 e. The number of H-pyrrole nitrogens is 1. The molecule has 0 unspecified atom stereocenters. The fourth-order valence-electron chi connectivity index (χ4n) is 2.83. The SMILES string of the molecule is O=C(Nc1cccc2ccc(-c3cccc(C(F)(F)F)c3)nc12)c1ncc[nH]1. The molecule has 4 aromatic rings. The lowest BCUT2D eigenvalue weighted by atomic mass is 10.1. The number of imidazole rings is 1. The van der Waals surface area contributed by atoms with E-state index in [1.165, 1.54) is 18.5 Å². The van der Waals surface area contributed by atoms with E-state index in [1.807, 2.05) is 0 Å². The number of pyridine rings is 1. The van der Waals surface area contributed by atoms with Crippen LogP contribution < -0.4 is 5.32 Å². The van der Waals surface area contributed by atoms with Gasteiger partial charge in [-0.15, -0.1) is 0 Å². The second kappa shape index (κ2) is 6.80. The summed E-state index contributed by atoms with van der Waals surface area (Å²) in [5.41, 5.74) is 0.874. The summed E-state index contributed by atoms with van der Waals surface area (Å²) in [7, 11) is 0. The number of alkyl halides is 3. The van der Waals surface area contributed by atoms with Crippen LogP contribution in [-0.2, 0) is 6.18 Å². The first-order chi connectivity index (χ1) is 13.4. The van der Waals surface area contributed by atoms with Crippen LogP contribution in [0.1, 0.15) is 16.2 Å². The predicted octanol–water partition coefficient (Wildman–Crippen LogP) is 4.90. The Hall–Kier alpha value is -3.68. The number of halogens is 3. The number of nitrogens with zero attached hydrogens (tertiary/aromatic N) is 2. The third-order valence-corrected chi connectivity index (χ3v) is 4.17. The molecule has 2 heterocycles. The number of hydrogen-bond acceptors (Lipinski definition) is 3. The summed E-state index contributed by atoms with van der Waals surface area (Å²) in [5, 5.41) is 3.47. The van der Waals surface area contributed by atoms with Crippen LogP contribution in [0.25, 0.3) is 22.2 Å². The Morgan fingerprint density at radius 3 is 2.61 bits per heavy atom. The number of carbonyl (C=O) groups is 1. The van der Waals surface area contributed by atoms with Gasteiger partial charge in [0.25, 0.3) is 5.91 Å². The zero-order valence-electron chi connectivity index (χ0n) is 14.3. The molecule has 0 aliphatic heterocycles. The molecule has 0 radical (unpaired) electrons. The molecular weight excluding hydrogens is 369 g/mol. The van der Waals surface area contributed by atoms with Crippen molar-refractivity contribution in [2.75, 3.05) is 5.32 Å². The first-order valence-electron chi connectivity index (χ1n) is 8.30. The summed E-state index contributed by atoms with van der Waals surface area (Å²) in [4.78, 5) is 23.4. The Morgan fingerprint density at radius 2 is 1.86 bits per heavy atom. The number of para-hydroxylation sites is 1. The highest BCUT2D eigenvalue weighted by atomic mass is 19.4. The van der Waals surface area contributed by atoms with Gasteiger partial charge < -0.3 is 10.3 Å². The van der Waals surface area contributed by atoms with Crippen LogP contribution in [-0.4, -0.2) is 20.9 Å². The van der Waals surface area contributed by atoms with Crippen molar-refractivity contribution in [2.24, 2.45) is 0 Å². The lowest BCUT2D eigenvalue weighted by molar-refractivity contribution is -0.137. The molecule has 1 amide bonds. The van der Waals surface area contributed by atoms with Gasteiger partial charge in [-0.25, -0.2) is 9.97 Å². The van der Waals surface area contributed by atoms with Crippen molar-refractivity contribution >= 4 is 22.5 Å². The molecule has 0 fully saturated rings. The van der Waals surface area contributed by atoms with Crippen LogP contribution in [0.4, 0.5) is 18.9 Å². The topological polar surface area (TPSA) is 70.7 Å². The third kappa shape index (κ3) is 3.44. The van der Waals surface area contributed by atoms with E-state index >= 15 is 0 Å². The second-order valence-electron chi connectivity index (χ2n) is 6.04. The summed E-state index contributed by atoms with van der Waals surface area (Å²) in [6, 6.07) is 13.6. The Bertz CT molecular complexity index is 1150. The van der Waals surface area contributed by atoms with Crippen molar-refractivity contribution in [3.63, 3.8) is 0 Å². The van der Waals surface area contributed by atoms with Crippen LogP contribution in [0.15, 0.2) is 67.0 Å². The van der Waals surface area contributed by atoms with Gasteiger partial charge in [0.15, 0.2) is 5.82 Å². The zero-order chi connectivity index (χ0) is 19.7. The van der Waals surface area contributed by atoms with Gasteiger partial charge in [-0.2, -0.15) is 13.2 Å². The number of rotatable bonds is 3. The highest BCUT2D eigenvalue weighted by Crippen LogP contribution is 2.32. The number of anilines is 1. The molecule has 2 N–H and O–H groups in total. The van der Waals surface area contributed by atoms with Gasteiger partial charge in [0, 0.05) is 23.3 Å². The Labute approximate surface area is 157 Å². The average Bonchev–Trinajstić information content (AvgIpc) is 3.22. The van der Waals surface area contributed by atoms with Gasteiger partial charge in [-0.3, -0.25) is 4.79 Å². The highest BCUT2D eigenvalue weighted by molar-refractivity contribution is 6.06. The van der Waals surface area contributed by atoms with Crippen LogP contribution in [0.3, 0.4) is 0 Å². The van der Waals surface area contributed by atoms with Gasteiger partial charge in [0.05, 0.1) is 22.5 Å². The monoisotopic (exact) mass is 382 g/mol. The Kier molecular flexibility index (Phi) is 4.31. The largest absolute Gasteiger partial charge is 0.416 e. The molecular formula is C20H13F3N4O. The maximum absolute atomic E-state index is 13.0. The van der Waals surface area contributed by atoms with E-state index in [-0.39, 0.29) is 5.82 Å². The number of amides is 1. The lowest BCUT2D eigenvalue weighted by Crippen LogP contribution is -2.14. The quantitative estimate of drug-likeness (QED) is 0.530. The molecule has 2 aromatic carbocycles. The molecule has 0 aliphatic carbocycles. The van der Waals surface area contributed by atoms with Gasteiger partial charge in [0.1, 0.15) is 0 Å². The summed E-state index contributed by atoms with van der Waals surface area (Å²) < 4.78 is 39.0. The minimum atomic E-state index is -4.44. The minimum Gasteiger partial charge on any atom is -0.341 e. The van der Waals surface area contributed by atoms with Crippen LogP contribution >= 0.6 is 0 Å². The minimum absolute atomic E-state index is 0.144. The zero-order valence-corrected chi connectivity index (χ0v) is 14.3. The van der Waals surface area contributed by atoms with E-state index in [4.69, 9.17) is 0 Å². The molecule has 140 valence electrons. The van der Waals surface area contributed by atoms with Crippen LogP contribution in [0.2, 0.25) is 0 Å². The Balaban J connectivity index is 1.75. The van der Waals surface area contributed by atoms with Crippen LogP contribution in [0.5, 0.6) is 0 Å². The van der Waals surface area contributed by atoms with E-state index in [0.717, 1.165) is 17.5 Å². The average molecular weight is 382 g/mol. The molecule has 0 bridgehead atoms. The molecule has 0 saturated carbocycles. The smallest absolute Gasteiger partial charge is 0.341 e. The molecule has 5 nitrogen and oxygen atoms in total. The van der Waals surface area contributed by atoms with E-state index in [0.29, 0.717) is 22.5 Å². The predicted molar refractivity (Wildman–Crippen MR) is 98.7 cm³/mol. The van der Waals surface area contributed by atoms with Gasteiger partial charge in [-0.1, -0.05) is 30.3 Å². The van der Waals surface area contributed by atoms with Crippen molar-refractivity contribution in [3.05, 3.63) is 78.4 Å². The van der Waals surface area contributed by atoms with Crippen molar-refractivity contribution in [2.45, 2.75) is 6.18 Å². The second-order valence-corrected chi connectivity index (χ2v) is 6.04. The van der Waals surface area contributed by atoms with E-state index in [1.54, 1.807) is 36.4 Å². The highest BCUT2D eigenvalue weighted by Gasteiger charge is 2.30. The van der Waals surface area contributed by atoms with E-state index in [2.05, 4.69) is 20.3 Å². The molecule has 8 heteroatoms. The summed E-state index contributed by atoms with van der Waals surface area (Å²) in [6.07, 6.45) is -1.45. The van der Waals surface area contributed by atoms with Crippen molar-refractivity contribution in [1.29, 1.82) is 0 Å². The maximum atomic E-state index is 13.0. The van der Waals surface area contributed by atoms with Gasteiger partial charge in [-0.05, 0) is 24.3 Å². The summed E-state index contributed by atoms with van der Waals surface area (Å²) >= 11 is 0. The van der Waals surface area contributed by atoms with E-state index in [9.17, 15) is 18.0 Å². The summed E-state index contributed by atoms with van der Waals surface area (Å²) in [6.45, 7) is 0. The molecule has 0 saturated heterocycles. The number of fused-ring (bicyclic) bond motifs is 1. The van der Waals surface area contributed by atoms with Crippen molar-refractivity contribution < 1.29 is 18.0 Å². The number of carbonyl (C=O) groups excluding carboxylic acids is 1. The normalized spacial score (nSPS) is 11.5. The van der Waals surface area contributed by atoms with Gasteiger partial charge >= 0.3 is 6.18 Å². The third-order valence-electron chi connectivity index (χ3n) is 4.17. The van der Waals surface area contributed by atoms with E-state index < -0.39 is 17.6 Å². The number of nitrogens with one attached hydrogen (secondary N) is 2. The fraction of sp³-hybridized carbons (Fsp3) is 0.0500. The molecule has 0 spiro atoms.